The Morgan fingerprint density at radius 3 is 2.72 bits per heavy atom. The summed E-state index contributed by atoms with van der Waals surface area (Å²) in [4.78, 5) is 14.0. The summed E-state index contributed by atoms with van der Waals surface area (Å²) in [6.45, 7) is 5.09. The Kier molecular flexibility index (Phi) is 7.28. The van der Waals surface area contributed by atoms with Crippen molar-refractivity contribution >= 4 is 5.97 Å². The fourth-order valence-corrected chi connectivity index (χ4v) is 2.32. The molecule has 1 atom stereocenters. The van der Waals surface area contributed by atoms with Crippen LogP contribution in [0.25, 0.3) is 0 Å². The molecule has 0 aromatic heterocycles. The van der Waals surface area contributed by atoms with E-state index in [2.05, 4.69) is 24.2 Å². The second kappa shape index (κ2) is 8.48. The monoisotopic (exact) mass is 256 g/mol. The molecule has 1 rings (SSSR count). The van der Waals surface area contributed by atoms with E-state index in [1.165, 1.54) is 32.9 Å². The van der Waals surface area contributed by atoms with Crippen molar-refractivity contribution in [2.45, 2.75) is 45.1 Å². The van der Waals surface area contributed by atoms with Gasteiger partial charge in [-0.15, -0.1) is 0 Å². The molecule has 0 radical (unpaired) electrons. The van der Waals surface area contributed by atoms with E-state index in [0.29, 0.717) is 0 Å². The van der Waals surface area contributed by atoms with Crippen molar-refractivity contribution in [3.63, 3.8) is 0 Å². The van der Waals surface area contributed by atoms with Crippen LogP contribution >= 0.6 is 0 Å². The van der Waals surface area contributed by atoms with Crippen LogP contribution in [0, 0.1) is 5.92 Å². The lowest BCUT2D eigenvalue weighted by Gasteiger charge is -2.30. The number of methoxy groups -OCH3 is 1. The average Bonchev–Trinajstić information content (AvgIpc) is 2.33. The number of ether oxygens (including phenoxy) is 1. The fraction of sp³-hybridized carbons (Fsp3) is 0.929. The molecule has 18 heavy (non-hydrogen) atoms. The zero-order valence-electron chi connectivity index (χ0n) is 12.1. The predicted molar refractivity (Wildman–Crippen MR) is 73.6 cm³/mol. The molecule has 4 heteroatoms. The SMILES string of the molecule is CCCNC(CCN(C)CC1CCC1)C(=O)OC. The van der Waals surface area contributed by atoms with Crippen molar-refractivity contribution in [1.82, 2.24) is 10.2 Å². The first-order chi connectivity index (χ1) is 8.67. The largest absolute Gasteiger partial charge is 0.468 e. The van der Waals surface area contributed by atoms with Crippen LogP contribution in [0.2, 0.25) is 0 Å². The molecule has 0 saturated heterocycles. The molecule has 1 fully saturated rings. The van der Waals surface area contributed by atoms with Crippen LogP contribution in [0.4, 0.5) is 0 Å². The zero-order valence-corrected chi connectivity index (χ0v) is 12.1. The van der Waals surface area contributed by atoms with Gasteiger partial charge < -0.3 is 15.0 Å². The lowest BCUT2D eigenvalue weighted by atomic mass is 9.85. The highest BCUT2D eigenvalue weighted by Crippen LogP contribution is 2.26. The Bertz CT molecular complexity index is 242. The van der Waals surface area contributed by atoms with Crippen molar-refractivity contribution in [1.29, 1.82) is 0 Å². The summed E-state index contributed by atoms with van der Waals surface area (Å²) >= 11 is 0. The van der Waals surface area contributed by atoms with E-state index in [1.807, 2.05) is 0 Å². The molecule has 1 aliphatic carbocycles. The van der Waals surface area contributed by atoms with Gasteiger partial charge in [-0.1, -0.05) is 13.3 Å². The van der Waals surface area contributed by atoms with E-state index >= 15 is 0 Å². The summed E-state index contributed by atoms with van der Waals surface area (Å²) in [6, 6.07) is -0.154. The van der Waals surface area contributed by atoms with Gasteiger partial charge in [0.2, 0.25) is 0 Å². The van der Waals surface area contributed by atoms with Crippen LogP contribution in [0.3, 0.4) is 0 Å². The third-order valence-corrected chi connectivity index (χ3v) is 3.72. The molecule has 0 amide bonds. The lowest BCUT2D eigenvalue weighted by Crippen LogP contribution is -2.41. The molecular formula is C14H28N2O2. The highest BCUT2D eigenvalue weighted by molar-refractivity contribution is 5.75. The van der Waals surface area contributed by atoms with E-state index in [0.717, 1.165) is 31.8 Å². The third kappa shape index (κ3) is 5.36. The fourth-order valence-electron chi connectivity index (χ4n) is 2.32. The van der Waals surface area contributed by atoms with Gasteiger partial charge in [-0.2, -0.15) is 0 Å². The van der Waals surface area contributed by atoms with E-state index in [1.54, 1.807) is 0 Å². The summed E-state index contributed by atoms with van der Waals surface area (Å²) in [5.41, 5.74) is 0. The van der Waals surface area contributed by atoms with Gasteiger partial charge >= 0.3 is 5.97 Å². The van der Waals surface area contributed by atoms with E-state index in [4.69, 9.17) is 4.74 Å². The standard InChI is InChI=1S/C14H28N2O2/c1-4-9-15-13(14(17)18-3)8-10-16(2)11-12-6-5-7-12/h12-13,15H,4-11H2,1-3H3. The second-order valence-electron chi connectivity index (χ2n) is 5.38. The Morgan fingerprint density at radius 1 is 1.50 bits per heavy atom. The number of hydrogen-bond donors (Lipinski definition) is 1. The number of nitrogens with one attached hydrogen (secondary N) is 1. The van der Waals surface area contributed by atoms with Gasteiger partial charge in [0, 0.05) is 6.54 Å². The highest BCUT2D eigenvalue weighted by Gasteiger charge is 2.21. The molecule has 0 aliphatic heterocycles. The van der Waals surface area contributed by atoms with Gasteiger partial charge in [0.25, 0.3) is 0 Å². The number of esters is 1. The summed E-state index contributed by atoms with van der Waals surface area (Å²) in [7, 11) is 3.60. The maximum atomic E-state index is 11.6. The summed E-state index contributed by atoms with van der Waals surface area (Å²) in [5.74, 6) is 0.746. The Hall–Kier alpha value is -0.610. The second-order valence-corrected chi connectivity index (χ2v) is 5.38. The molecule has 4 nitrogen and oxygen atoms in total. The lowest BCUT2D eigenvalue weighted by molar-refractivity contribution is -0.143. The molecule has 1 unspecified atom stereocenters. The Morgan fingerprint density at radius 2 is 2.22 bits per heavy atom. The van der Waals surface area contributed by atoms with E-state index in [-0.39, 0.29) is 12.0 Å². The van der Waals surface area contributed by atoms with Gasteiger partial charge in [0.1, 0.15) is 6.04 Å². The topological polar surface area (TPSA) is 41.6 Å². The Balaban J connectivity index is 2.23. The molecule has 0 aromatic rings. The first-order valence-corrected chi connectivity index (χ1v) is 7.17. The molecule has 0 spiro atoms. The number of carbonyl (C=O) groups excluding carboxylic acids is 1. The molecule has 1 saturated carbocycles. The smallest absolute Gasteiger partial charge is 0.322 e. The number of nitrogens with zero attached hydrogens (tertiary/aromatic N) is 1. The first-order valence-electron chi connectivity index (χ1n) is 7.17. The highest BCUT2D eigenvalue weighted by atomic mass is 16.5. The van der Waals surface area contributed by atoms with Crippen LogP contribution in [-0.2, 0) is 9.53 Å². The summed E-state index contributed by atoms with van der Waals surface area (Å²) in [6.07, 6.45) is 6.00. The molecule has 0 heterocycles. The average molecular weight is 256 g/mol. The van der Waals surface area contributed by atoms with Gasteiger partial charge in [-0.3, -0.25) is 4.79 Å². The third-order valence-electron chi connectivity index (χ3n) is 3.72. The van der Waals surface area contributed by atoms with Crippen LogP contribution < -0.4 is 5.32 Å². The van der Waals surface area contributed by atoms with E-state index < -0.39 is 0 Å². The quantitative estimate of drug-likeness (QED) is 0.637. The van der Waals surface area contributed by atoms with Crippen molar-refractivity contribution < 1.29 is 9.53 Å². The van der Waals surface area contributed by atoms with Crippen molar-refractivity contribution in [2.24, 2.45) is 5.92 Å². The minimum atomic E-state index is -0.154. The normalized spacial score (nSPS) is 17.6. The first kappa shape index (κ1) is 15.4. The Labute approximate surface area is 111 Å². The summed E-state index contributed by atoms with van der Waals surface area (Å²) < 4.78 is 4.84. The van der Waals surface area contributed by atoms with Crippen LogP contribution in [-0.4, -0.2) is 50.7 Å². The minimum absolute atomic E-state index is 0.138. The van der Waals surface area contributed by atoms with Crippen LogP contribution in [0.1, 0.15) is 39.0 Å². The molecule has 1 N–H and O–H groups in total. The van der Waals surface area contributed by atoms with Crippen LogP contribution in [0.15, 0.2) is 0 Å². The minimum Gasteiger partial charge on any atom is -0.468 e. The maximum Gasteiger partial charge on any atom is 0.322 e. The van der Waals surface area contributed by atoms with Crippen molar-refractivity contribution in [3.8, 4) is 0 Å². The summed E-state index contributed by atoms with van der Waals surface area (Å²) in [5, 5.41) is 3.26. The van der Waals surface area contributed by atoms with Crippen molar-refractivity contribution in [3.05, 3.63) is 0 Å². The van der Waals surface area contributed by atoms with Gasteiger partial charge in [0.05, 0.1) is 7.11 Å². The number of hydrogen-bond acceptors (Lipinski definition) is 4. The molecule has 106 valence electrons. The molecule has 0 aromatic carbocycles. The van der Waals surface area contributed by atoms with Gasteiger partial charge in [-0.05, 0) is 51.7 Å². The molecule has 0 bridgehead atoms. The van der Waals surface area contributed by atoms with Crippen molar-refractivity contribution in [2.75, 3.05) is 33.8 Å². The zero-order chi connectivity index (χ0) is 13.4. The molecule has 1 aliphatic rings. The van der Waals surface area contributed by atoms with E-state index in [9.17, 15) is 4.79 Å². The van der Waals surface area contributed by atoms with Gasteiger partial charge in [-0.25, -0.2) is 0 Å². The van der Waals surface area contributed by atoms with Crippen LogP contribution in [0.5, 0.6) is 0 Å². The number of rotatable bonds is 9. The molecular weight excluding hydrogens is 228 g/mol. The predicted octanol–water partition coefficient (Wildman–Crippen LogP) is 1.65. The maximum absolute atomic E-state index is 11.6. The number of carbonyl (C=O) groups is 1. The van der Waals surface area contributed by atoms with Gasteiger partial charge in [0.15, 0.2) is 0 Å².